The minimum absolute atomic E-state index is 0.117. The third-order valence-corrected chi connectivity index (χ3v) is 6.37. The Morgan fingerprint density at radius 2 is 1.91 bits per heavy atom. The molecular weight excluding hydrogens is 443 g/mol. The van der Waals surface area contributed by atoms with Gasteiger partial charge in [0.2, 0.25) is 5.88 Å². The van der Waals surface area contributed by atoms with Gasteiger partial charge in [-0.1, -0.05) is 18.2 Å². The zero-order valence-electron chi connectivity index (χ0n) is 19.4. The van der Waals surface area contributed by atoms with Crippen molar-refractivity contribution in [3.05, 3.63) is 84.2 Å². The van der Waals surface area contributed by atoms with E-state index in [9.17, 15) is 0 Å². The average molecular weight is 467 g/mol. The number of nitrogen functional groups attached to an aromatic ring is 1. The van der Waals surface area contributed by atoms with Gasteiger partial charge in [-0.25, -0.2) is 19.3 Å². The van der Waals surface area contributed by atoms with Gasteiger partial charge in [-0.15, -0.1) is 0 Å². The number of rotatable bonds is 4. The first-order valence-corrected chi connectivity index (χ1v) is 11.4. The lowest BCUT2D eigenvalue weighted by atomic mass is 10.0. The van der Waals surface area contributed by atoms with Gasteiger partial charge >= 0.3 is 0 Å². The summed E-state index contributed by atoms with van der Waals surface area (Å²) in [5, 5.41) is 0.862. The van der Waals surface area contributed by atoms with Gasteiger partial charge in [0.15, 0.2) is 11.6 Å². The van der Waals surface area contributed by atoms with E-state index in [4.69, 9.17) is 10.5 Å². The van der Waals surface area contributed by atoms with Crippen molar-refractivity contribution >= 4 is 28.2 Å². The molecule has 2 aromatic carbocycles. The molecule has 0 amide bonds. The molecule has 8 heteroatoms. The van der Waals surface area contributed by atoms with Crippen LogP contribution in [0.4, 0.5) is 21.6 Å². The zero-order chi connectivity index (χ0) is 24.1. The van der Waals surface area contributed by atoms with Crippen LogP contribution in [0.15, 0.2) is 67.1 Å². The molecule has 0 spiro atoms. The quantitative estimate of drug-likeness (QED) is 0.338. The van der Waals surface area contributed by atoms with E-state index in [-0.39, 0.29) is 5.75 Å². The van der Waals surface area contributed by atoms with Crippen LogP contribution in [0.1, 0.15) is 11.3 Å². The summed E-state index contributed by atoms with van der Waals surface area (Å²) >= 11 is 0. The molecule has 5 aromatic rings. The highest BCUT2D eigenvalue weighted by molar-refractivity contribution is 6.03. The van der Waals surface area contributed by atoms with Crippen LogP contribution in [0, 0.1) is 19.7 Å². The van der Waals surface area contributed by atoms with Gasteiger partial charge in [0.05, 0.1) is 0 Å². The molecule has 174 valence electrons. The Labute approximate surface area is 201 Å². The van der Waals surface area contributed by atoms with E-state index in [1.54, 1.807) is 18.3 Å². The van der Waals surface area contributed by atoms with Crippen molar-refractivity contribution in [1.82, 2.24) is 19.5 Å². The zero-order valence-corrected chi connectivity index (χ0v) is 19.4. The summed E-state index contributed by atoms with van der Waals surface area (Å²) in [6.45, 7) is 5.35. The van der Waals surface area contributed by atoms with Gasteiger partial charge in [-0.05, 0) is 55.3 Å². The van der Waals surface area contributed by atoms with E-state index in [0.717, 1.165) is 58.1 Å². The molecule has 0 fully saturated rings. The van der Waals surface area contributed by atoms with Crippen molar-refractivity contribution in [3.8, 4) is 22.8 Å². The van der Waals surface area contributed by atoms with E-state index >= 15 is 4.39 Å². The number of ether oxygens (including phenoxy) is 1. The van der Waals surface area contributed by atoms with E-state index in [2.05, 4.69) is 30.5 Å². The molecule has 7 nitrogen and oxygen atoms in total. The van der Waals surface area contributed by atoms with Crippen molar-refractivity contribution in [2.75, 3.05) is 17.2 Å². The van der Waals surface area contributed by atoms with Crippen molar-refractivity contribution in [3.63, 3.8) is 0 Å². The van der Waals surface area contributed by atoms with Gasteiger partial charge < -0.3 is 19.9 Å². The normalized spacial score (nSPS) is 12.8. The number of nitrogens with zero attached hydrogens (tertiary/aromatic N) is 5. The first kappa shape index (κ1) is 21.1. The molecule has 3 aromatic heterocycles. The van der Waals surface area contributed by atoms with E-state index in [1.165, 1.54) is 12.4 Å². The summed E-state index contributed by atoms with van der Waals surface area (Å²) in [6.07, 6.45) is 3.32. The maximum Gasteiger partial charge on any atom is 0.219 e. The van der Waals surface area contributed by atoms with Gasteiger partial charge in [-0.3, -0.25) is 0 Å². The van der Waals surface area contributed by atoms with Crippen molar-refractivity contribution < 1.29 is 9.13 Å². The Morgan fingerprint density at radius 1 is 1.03 bits per heavy atom. The molecule has 0 aliphatic carbocycles. The van der Waals surface area contributed by atoms with Gasteiger partial charge in [0.1, 0.15) is 17.8 Å². The molecule has 0 atom stereocenters. The lowest BCUT2D eigenvalue weighted by Gasteiger charge is -2.21. The number of hydrogen-bond acceptors (Lipinski definition) is 6. The second-order valence-corrected chi connectivity index (χ2v) is 8.67. The topological polar surface area (TPSA) is 82.1 Å². The molecule has 0 unspecified atom stereocenters. The minimum atomic E-state index is -0.472. The summed E-state index contributed by atoms with van der Waals surface area (Å²) in [7, 11) is 0. The molecule has 1 aliphatic heterocycles. The number of aromatic nitrogens is 4. The highest BCUT2D eigenvalue weighted by atomic mass is 19.1. The fourth-order valence-electron chi connectivity index (χ4n) is 4.63. The van der Waals surface area contributed by atoms with Crippen LogP contribution in [0.5, 0.6) is 11.6 Å². The lowest BCUT2D eigenvalue weighted by molar-refractivity contribution is 0.427. The smallest absolute Gasteiger partial charge is 0.219 e. The van der Waals surface area contributed by atoms with Gasteiger partial charge in [0.25, 0.3) is 0 Å². The third-order valence-electron chi connectivity index (χ3n) is 6.37. The highest BCUT2D eigenvalue weighted by Crippen LogP contribution is 2.46. The van der Waals surface area contributed by atoms with Crippen LogP contribution in [0.3, 0.4) is 0 Å². The molecule has 0 bridgehead atoms. The summed E-state index contributed by atoms with van der Waals surface area (Å²) < 4.78 is 23.1. The number of hydrogen-bond donors (Lipinski definition) is 1. The Kier molecular flexibility index (Phi) is 4.88. The summed E-state index contributed by atoms with van der Waals surface area (Å²) in [6, 6.07) is 16.4. The Bertz CT molecular complexity index is 1590. The van der Waals surface area contributed by atoms with Crippen molar-refractivity contribution in [1.29, 1.82) is 0 Å². The van der Waals surface area contributed by atoms with Crippen molar-refractivity contribution in [2.24, 2.45) is 0 Å². The van der Waals surface area contributed by atoms with E-state index in [1.807, 2.05) is 44.2 Å². The largest absolute Gasteiger partial charge is 0.436 e. The maximum absolute atomic E-state index is 15.3. The van der Waals surface area contributed by atoms with Crippen LogP contribution < -0.4 is 15.4 Å². The first-order chi connectivity index (χ1) is 17.0. The number of aryl methyl sites for hydroxylation is 2. The molecule has 0 saturated heterocycles. The number of nitrogens with two attached hydrogens (primary N) is 1. The van der Waals surface area contributed by atoms with E-state index < -0.39 is 5.82 Å². The highest BCUT2D eigenvalue weighted by Gasteiger charge is 2.30. The number of anilines is 3. The predicted molar refractivity (Wildman–Crippen MR) is 135 cm³/mol. The molecule has 1 aliphatic rings. The molecule has 35 heavy (non-hydrogen) atoms. The van der Waals surface area contributed by atoms with Crippen LogP contribution in [0.25, 0.3) is 22.2 Å². The average Bonchev–Trinajstić information content (AvgIpc) is 3.41. The standard InChI is InChI=1S/C27H23FN6O/c1-16-6-8-19(13-22(16)29)33-10-11-34-26-20(14-30-15-31-26)25(27(33)34)18-7-9-23(21(28)12-18)35-24-5-3-4-17(2)32-24/h3-9,12-15H,10-11,29H2,1-2H3. The van der Waals surface area contributed by atoms with Gasteiger partial charge in [-0.2, -0.15) is 0 Å². The van der Waals surface area contributed by atoms with Crippen LogP contribution in [-0.4, -0.2) is 26.1 Å². The van der Waals surface area contributed by atoms with Crippen LogP contribution in [0.2, 0.25) is 0 Å². The number of pyridine rings is 1. The minimum Gasteiger partial charge on any atom is -0.436 e. The SMILES string of the molecule is Cc1cccc(Oc2ccc(-c3c4n(c5ncncc35)CCN4c3ccc(C)c(N)c3)cc2F)n1. The Morgan fingerprint density at radius 3 is 2.71 bits per heavy atom. The summed E-state index contributed by atoms with van der Waals surface area (Å²) in [4.78, 5) is 15.3. The lowest BCUT2D eigenvalue weighted by Crippen LogP contribution is -2.14. The maximum atomic E-state index is 15.3. The monoisotopic (exact) mass is 466 g/mol. The molecule has 6 rings (SSSR count). The van der Waals surface area contributed by atoms with Crippen LogP contribution in [-0.2, 0) is 6.54 Å². The molecule has 0 saturated carbocycles. The second kappa shape index (κ2) is 8.09. The molecular formula is C27H23FN6O. The van der Waals surface area contributed by atoms with Gasteiger partial charge in [0, 0.05) is 53.4 Å². The summed E-state index contributed by atoms with van der Waals surface area (Å²) in [5.74, 6) is 0.937. The van der Waals surface area contributed by atoms with Crippen molar-refractivity contribution in [2.45, 2.75) is 20.4 Å². The fraction of sp³-hybridized carbons (Fsp3) is 0.148. The fourth-order valence-corrected chi connectivity index (χ4v) is 4.63. The second-order valence-electron chi connectivity index (χ2n) is 8.67. The van der Waals surface area contributed by atoms with E-state index in [0.29, 0.717) is 11.4 Å². The molecule has 0 radical (unpaired) electrons. The molecule has 4 heterocycles. The Balaban J connectivity index is 1.47. The number of fused-ring (bicyclic) bond motifs is 3. The third kappa shape index (κ3) is 3.54. The summed E-state index contributed by atoms with van der Waals surface area (Å²) in [5.41, 5.74) is 12.2. The van der Waals surface area contributed by atoms with Crippen LogP contribution >= 0.6 is 0 Å². The predicted octanol–water partition coefficient (Wildman–Crippen LogP) is 5.78. The number of halogens is 1. The molecule has 2 N–H and O–H groups in total. The first-order valence-electron chi connectivity index (χ1n) is 11.4. The number of benzene rings is 2. The Hall–Kier alpha value is -4.46.